The van der Waals surface area contributed by atoms with Crippen LogP contribution in [0.2, 0.25) is 0 Å². The van der Waals surface area contributed by atoms with Crippen LogP contribution in [-0.2, 0) is 13.6 Å². The molecule has 0 bridgehead atoms. The van der Waals surface area contributed by atoms with Crippen LogP contribution in [0.15, 0.2) is 27.4 Å². The highest BCUT2D eigenvalue weighted by atomic mass is 32.2. The fraction of sp³-hybridized carbons (Fsp3) is 0.562. The van der Waals surface area contributed by atoms with E-state index in [4.69, 9.17) is 0 Å². The third kappa shape index (κ3) is 3.77. The molecule has 2 aromatic rings. The second-order valence-electron chi connectivity index (χ2n) is 5.66. The largest absolute Gasteiger partial charge is 0.329 e. The Morgan fingerprint density at radius 1 is 1.35 bits per heavy atom. The van der Waals surface area contributed by atoms with Crippen LogP contribution in [0.4, 0.5) is 0 Å². The SMILES string of the molecule is C=C[C@@H](C)Sc1nc2c(c(=O)[nH]c(=O)n2C)n1CCCCCC. The summed E-state index contributed by atoms with van der Waals surface area (Å²) in [4.78, 5) is 31.0. The number of aromatic amines is 1. The Kier molecular flexibility index (Phi) is 5.87. The summed E-state index contributed by atoms with van der Waals surface area (Å²) in [5, 5.41) is 0.938. The second-order valence-corrected chi connectivity index (χ2v) is 7.00. The van der Waals surface area contributed by atoms with Gasteiger partial charge < -0.3 is 4.57 Å². The minimum Gasteiger partial charge on any atom is -0.313 e. The number of imidazole rings is 1. The number of nitrogens with one attached hydrogen (secondary N) is 1. The summed E-state index contributed by atoms with van der Waals surface area (Å²) in [6, 6.07) is 0. The smallest absolute Gasteiger partial charge is 0.313 e. The monoisotopic (exact) mass is 336 g/mol. The number of aryl methyl sites for hydroxylation is 2. The first-order chi connectivity index (χ1) is 11.0. The van der Waals surface area contributed by atoms with Crippen molar-refractivity contribution < 1.29 is 0 Å². The molecule has 7 heteroatoms. The topological polar surface area (TPSA) is 72.7 Å². The average molecular weight is 336 g/mol. The summed E-state index contributed by atoms with van der Waals surface area (Å²) in [5.74, 6) is 0. The van der Waals surface area contributed by atoms with Crippen molar-refractivity contribution in [3.05, 3.63) is 33.5 Å². The summed E-state index contributed by atoms with van der Waals surface area (Å²) in [5.41, 5.74) is 0.103. The van der Waals surface area contributed by atoms with Crippen LogP contribution < -0.4 is 11.2 Å². The first-order valence-electron chi connectivity index (χ1n) is 7.98. The molecule has 2 rings (SSSR count). The summed E-state index contributed by atoms with van der Waals surface area (Å²) >= 11 is 1.55. The quantitative estimate of drug-likeness (QED) is 0.457. The first kappa shape index (κ1) is 17.6. The molecule has 0 saturated heterocycles. The number of thioether (sulfide) groups is 1. The molecule has 0 unspecified atom stereocenters. The van der Waals surface area contributed by atoms with Crippen LogP contribution >= 0.6 is 11.8 Å². The first-order valence-corrected chi connectivity index (χ1v) is 8.86. The molecule has 0 fully saturated rings. The Bertz CT molecular complexity index is 803. The average Bonchev–Trinajstić information content (AvgIpc) is 2.88. The number of aromatic nitrogens is 4. The van der Waals surface area contributed by atoms with E-state index in [0.29, 0.717) is 11.2 Å². The van der Waals surface area contributed by atoms with Crippen molar-refractivity contribution >= 4 is 22.9 Å². The third-order valence-corrected chi connectivity index (χ3v) is 4.92. The molecule has 0 aromatic carbocycles. The summed E-state index contributed by atoms with van der Waals surface area (Å²) in [7, 11) is 1.63. The molecule has 0 saturated carbocycles. The highest BCUT2D eigenvalue weighted by Gasteiger charge is 2.18. The van der Waals surface area contributed by atoms with Gasteiger partial charge in [-0.05, 0) is 13.3 Å². The van der Waals surface area contributed by atoms with Gasteiger partial charge in [-0.1, -0.05) is 44.0 Å². The number of rotatable bonds is 8. The van der Waals surface area contributed by atoms with Gasteiger partial charge >= 0.3 is 5.69 Å². The Balaban J connectivity index is 2.51. The molecule has 1 atom stereocenters. The zero-order valence-electron chi connectivity index (χ0n) is 14.0. The van der Waals surface area contributed by atoms with Gasteiger partial charge in [0.05, 0.1) is 0 Å². The number of nitrogens with zero attached hydrogens (tertiary/aromatic N) is 3. The Morgan fingerprint density at radius 3 is 2.74 bits per heavy atom. The lowest BCUT2D eigenvalue weighted by Gasteiger charge is -2.10. The van der Waals surface area contributed by atoms with Gasteiger partial charge in [-0.25, -0.2) is 9.78 Å². The second kappa shape index (κ2) is 7.68. The van der Waals surface area contributed by atoms with Gasteiger partial charge in [-0.2, -0.15) is 0 Å². The minimum atomic E-state index is -0.438. The predicted molar refractivity (Wildman–Crippen MR) is 95.3 cm³/mol. The van der Waals surface area contributed by atoms with Crippen LogP contribution in [0.3, 0.4) is 0 Å². The zero-order chi connectivity index (χ0) is 17.0. The van der Waals surface area contributed by atoms with Gasteiger partial charge in [0, 0.05) is 18.8 Å². The molecule has 0 spiro atoms. The van der Waals surface area contributed by atoms with E-state index in [1.165, 1.54) is 11.0 Å². The normalized spacial score (nSPS) is 12.7. The van der Waals surface area contributed by atoms with E-state index in [-0.39, 0.29) is 10.8 Å². The lowest BCUT2D eigenvalue weighted by molar-refractivity contribution is 0.562. The Hall–Kier alpha value is -1.76. The molecular weight excluding hydrogens is 312 g/mol. The van der Waals surface area contributed by atoms with Crippen molar-refractivity contribution in [1.82, 2.24) is 19.1 Å². The minimum absolute atomic E-state index is 0.178. The molecule has 2 heterocycles. The molecule has 6 nitrogen and oxygen atoms in total. The van der Waals surface area contributed by atoms with Crippen molar-refractivity contribution in [3.8, 4) is 0 Å². The van der Waals surface area contributed by atoms with Gasteiger partial charge in [0.25, 0.3) is 5.56 Å². The fourth-order valence-electron chi connectivity index (χ4n) is 2.42. The molecule has 126 valence electrons. The molecule has 23 heavy (non-hydrogen) atoms. The van der Waals surface area contributed by atoms with Crippen LogP contribution in [-0.4, -0.2) is 24.4 Å². The maximum atomic E-state index is 12.3. The van der Waals surface area contributed by atoms with Crippen molar-refractivity contribution in [2.45, 2.75) is 56.5 Å². The van der Waals surface area contributed by atoms with Crippen LogP contribution in [0.25, 0.3) is 11.2 Å². The lowest BCUT2D eigenvalue weighted by Crippen LogP contribution is -2.29. The zero-order valence-corrected chi connectivity index (χ0v) is 14.8. The number of H-pyrrole nitrogens is 1. The van der Waals surface area contributed by atoms with Crippen LogP contribution in [0.5, 0.6) is 0 Å². The van der Waals surface area contributed by atoms with Crippen molar-refractivity contribution in [2.75, 3.05) is 0 Å². The molecule has 2 aromatic heterocycles. The van der Waals surface area contributed by atoms with Crippen LogP contribution in [0.1, 0.15) is 39.5 Å². The standard InChI is InChI=1S/C16H24N4O2S/c1-5-7-8-9-10-20-12-13(17-16(20)23-11(3)6-2)19(4)15(22)18-14(12)21/h6,11H,2,5,7-10H2,1,3-4H3,(H,18,21,22)/t11-/m1/s1. The van der Waals surface area contributed by atoms with E-state index in [2.05, 4.69) is 23.5 Å². The van der Waals surface area contributed by atoms with Crippen LogP contribution in [0, 0.1) is 0 Å². The predicted octanol–water partition coefficient (Wildman–Crippen LogP) is 2.67. The molecule has 0 aliphatic rings. The highest BCUT2D eigenvalue weighted by molar-refractivity contribution is 7.99. The van der Waals surface area contributed by atoms with Crippen molar-refractivity contribution in [1.29, 1.82) is 0 Å². The van der Waals surface area contributed by atoms with E-state index >= 15 is 0 Å². The Labute approximate surface area is 139 Å². The van der Waals surface area contributed by atoms with Gasteiger partial charge in [-0.3, -0.25) is 14.3 Å². The highest BCUT2D eigenvalue weighted by Crippen LogP contribution is 2.26. The number of fused-ring (bicyclic) bond motifs is 1. The van der Waals surface area contributed by atoms with Gasteiger partial charge in [0.2, 0.25) is 0 Å². The molecule has 0 aliphatic heterocycles. The van der Waals surface area contributed by atoms with E-state index in [9.17, 15) is 9.59 Å². The molecular formula is C16H24N4O2S. The maximum absolute atomic E-state index is 12.3. The molecule has 0 radical (unpaired) electrons. The number of unbranched alkanes of at least 4 members (excludes halogenated alkanes) is 3. The third-order valence-electron chi connectivity index (χ3n) is 3.83. The van der Waals surface area contributed by atoms with Crippen molar-refractivity contribution in [3.63, 3.8) is 0 Å². The van der Waals surface area contributed by atoms with E-state index in [1.54, 1.807) is 18.8 Å². The van der Waals surface area contributed by atoms with Gasteiger partial charge in [0.1, 0.15) is 0 Å². The lowest BCUT2D eigenvalue weighted by atomic mass is 10.2. The van der Waals surface area contributed by atoms with E-state index < -0.39 is 5.69 Å². The number of hydrogen-bond acceptors (Lipinski definition) is 4. The number of hydrogen-bond donors (Lipinski definition) is 1. The summed E-state index contributed by atoms with van der Waals surface area (Å²) in [6.07, 6.45) is 6.27. The van der Waals surface area contributed by atoms with E-state index in [0.717, 1.165) is 31.0 Å². The van der Waals surface area contributed by atoms with E-state index in [1.807, 2.05) is 17.6 Å². The fourth-order valence-corrected chi connectivity index (χ4v) is 3.30. The Morgan fingerprint density at radius 2 is 2.09 bits per heavy atom. The molecule has 0 aliphatic carbocycles. The van der Waals surface area contributed by atoms with Crippen molar-refractivity contribution in [2.24, 2.45) is 7.05 Å². The molecule has 0 amide bonds. The van der Waals surface area contributed by atoms with Gasteiger partial charge in [0.15, 0.2) is 16.3 Å². The summed E-state index contributed by atoms with van der Waals surface area (Å²) < 4.78 is 3.33. The summed E-state index contributed by atoms with van der Waals surface area (Å²) in [6.45, 7) is 8.72. The maximum Gasteiger partial charge on any atom is 0.329 e. The van der Waals surface area contributed by atoms with Gasteiger partial charge in [-0.15, -0.1) is 6.58 Å². The molecule has 1 N–H and O–H groups in total.